The van der Waals surface area contributed by atoms with E-state index in [1.165, 1.54) is 0 Å². The van der Waals surface area contributed by atoms with Crippen molar-refractivity contribution < 1.29 is 0 Å². The Morgan fingerprint density at radius 1 is 1.56 bits per heavy atom. The second-order valence-electron chi connectivity index (χ2n) is 1.43. The summed E-state index contributed by atoms with van der Waals surface area (Å²) in [5, 5.41) is 0. The Kier molecular flexibility index (Phi) is 6.85. The minimum absolute atomic E-state index is 0. The number of H-pyrrole nitrogens is 2. The maximum atomic E-state index is 4.72. The van der Waals surface area contributed by atoms with Crippen LogP contribution in [0.3, 0.4) is 0 Å². The van der Waals surface area contributed by atoms with Gasteiger partial charge in [0.15, 0.2) is 4.77 Å². The number of aromatic nitrogens is 2. The van der Waals surface area contributed by atoms with Gasteiger partial charge in [0, 0.05) is 44.7 Å². The van der Waals surface area contributed by atoms with Gasteiger partial charge in [-0.2, -0.15) is 0 Å². The molecule has 1 heterocycles. The Morgan fingerprint density at radius 3 is 2.22 bits per heavy atom. The topological polar surface area (TPSA) is 31.6 Å². The van der Waals surface area contributed by atoms with Crippen molar-refractivity contribution in [2.75, 3.05) is 0 Å². The molecule has 0 unspecified atom stereocenters. The van der Waals surface area contributed by atoms with E-state index >= 15 is 0 Å². The van der Waals surface area contributed by atoms with Crippen LogP contribution < -0.4 is 0 Å². The van der Waals surface area contributed by atoms with Gasteiger partial charge < -0.3 is 9.97 Å². The van der Waals surface area contributed by atoms with E-state index in [0.29, 0.717) is 4.77 Å². The fourth-order valence-electron chi connectivity index (χ4n) is 0.425. The number of rotatable bonds is 0. The number of hydrogen-bond donors (Lipinski definition) is 2. The molecule has 1 rings (SSSR count). The first-order chi connectivity index (χ1) is 3.29. The molecule has 0 aliphatic carbocycles. The van der Waals surface area contributed by atoms with E-state index in [1.54, 1.807) is 0 Å². The second-order valence-corrected chi connectivity index (χ2v) is 1.83. The minimum atomic E-state index is 0. The van der Waals surface area contributed by atoms with Crippen LogP contribution in [0.15, 0.2) is 6.20 Å². The van der Waals surface area contributed by atoms with E-state index in [-0.39, 0.29) is 32.8 Å². The zero-order valence-corrected chi connectivity index (χ0v) is 8.38. The Hall–Kier alpha value is 0.313. The van der Waals surface area contributed by atoms with E-state index in [2.05, 4.69) is 9.97 Å². The quantitative estimate of drug-likeness (QED) is 0.511. The number of aromatic amines is 2. The van der Waals surface area contributed by atoms with Gasteiger partial charge in [-0.3, -0.25) is 0 Å². The van der Waals surface area contributed by atoms with Crippen molar-refractivity contribution in [1.29, 1.82) is 0 Å². The SMILES string of the molecule is Cc1c[nH]c(=S)[nH]1.[B].[Sb]. The molecule has 0 amide bonds. The Bertz CT molecular complexity index is 206. The summed E-state index contributed by atoms with van der Waals surface area (Å²) in [6, 6.07) is 0. The summed E-state index contributed by atoms with van der Waals surface area (Å²) in [6.07, 6.45) is 1.84. The largest absolute Gasteiger partial charge is 0.337 e. The predicted octanol–water partition coefficient (Wildman–Crippen LogP) is 0.619. The molecule has 1 aromatic heterocycles. The summed E-state index contributed by atoms with van der Waals surface area (Å²) in [5.74, 6) is 0. The van der Waals surface area contributed by atoms with E-state index < -0.39 is 0 Å². The molecular weight excluding hydrogens is 241 g/mol. The van der Waals surface area contributed by atoms with Gasteiger partial charge in [-0.25, -0.2) is 0 Å². The van der Waals surface area contributed by atoms with Crippen molar-refractivity contribution in [3.8, 4) is 0 Å². The van der Waals surface area contributed by atoms with E-state index in [4.69, 9.17) is 12.2 Å². The Morgan fingerprint density at radius 2 is 2.11 bits per heavy atom. The third-order valence-corrected chi connectivity index (χ3v) is 0.950. The first-order valence-corrected chi connectivity index (χ1v) is 2.44. The smallest absolute Gasteiger partial charge is 0.174 e. The summed E-state index contributed by atoms with van der Waals surface area (Å²) in [4.78, 5) is 5.73. The number of hydrogen-bond acceptors (Lipinski definition) is 1. The van der Waals surface area contributed by atoms with Crippen molar-refractivity contribution >= 4 is 45.1 Å². The fourth-order valence-corrected chi connectivity index (χ4v) is 0.645. The van der Waals surface area contributed by atoms with Gasteiger partial charge in [0.05, 0.1) is 0 Å². The molecule has 0 aliphatic rings. The van der Waals surface area contributed by atoms with Gasteiger partial charge >= 0.3 is 0 Å². The zero-order valence-electron chi connectivity index (χ0n) is 5.01. The first kappa shape index (κ1) is 12.0. The van der Waals surface area contributed by atoms with Crippen LogP contribution in [0.5, 0.6) is 0 Å². The maximum absolute atomic E-state index is 4.72. The fraction of sp³-hybridized carbons (Fsp3) is 0.250. The molecule has 1 aromatic rings. The van der Waals surface area contributed by atoms with E-state index in [1.807, 2.05) is 13.1 Å². The summed E-state index contributed by atoms with van der Waals surface area (Å²) >= 11 is 4.72. The van der Waals surface area contributed by atoms with Crippen LogP contribution in [-0.4, -0.2) is 42.8 Å². The Labute approximate surface area is 78.5 Å². The number of aryl methyl sites for hydroxylation is 1. The van der Waals surface area contributed by atoms with Crippen LogP contribution in [-0.2, 0) is 0 Å². The average molecular weight is 247 g/mol. The summed E-state index contributed by atoms with van der Waals surface area (Å²) in [5.41, 5.74) is 1.07. The molecule has 0 saturated carbocycles. The number of nitrogens with one attached hydrogen (secondary N) is 2. The van der Waals surface area contributed by atoms with Gasteiger partial charge in [-0.1, -0.05) is 0 Å². The van der Waals surface area contributed by atoms with Crippen molar-refractivity contribution in [3.05, 3.63) is 16.7 Å². The molecule has 0 bridgehead atoms. The van der Waals surface area contributed by atoms with Crippen LogP contribution in [0.4, 0.5) is 0 Å². The third kappa shape index (κ3) is 3.82. The standard InChI is InChI=1S/C4H6N2S.B.Sb/c1-3-2-5-4(7)6-3;;/h2H,1H3,(H2,5,6,7);;. The van der Waals surface area contributed by atoms with Gasteiger partial charge in [-0.15, -0.1) is 0 Å². The molecular formula is C4H6BN2SSb. The van der Waals surface area contributed by atoms with Crippen LogP contribution in [0.25, 0.3) is 0 Å². The molecule has 0 fully saturated rings. The van der Waals surface area contributed by atoms with Crippen molar-refractivity contribution in [3.63, 3.8) is 0 Å². The second kappa shape index (κ2) is 5.13. The van der Waals surface area contributed by atoms with Gasteiger partial charge in [0.25, 0.3) is 0 Å². The summed E-state index contributed by atoms with van der Waals surface area (Å²) in [6.45, 7) is 1.95. The van der Waals surface area contributed by atoms with Crippen LogP contribution in [0.1, 0.15) is 5.69 Å². The third-order valence-electron chi connectivity index (χ3n) is 0.730. The minimum Gasteiger partial charge on any atom is -0.337 e. The number of imidazole rings is 1. The molecule has 6 radical (unpaired) electrons. The zero-order chi connectivity index (χ0) is 5.28. The van der Waals surface area contributed by atoms with Crippen molar-refractivity contribution in [1.82, 2.24) is 9.97 Å². The maximum Gasteiger partial charge on any atom is 0.174 e. The molecule has 0 aliphatic heterocycles. The van der Waals surface area contributed by atoms with Gasteiger partial charge in [-0.05, 0) is 19.1 Å². The Balaban J connectivity index is 0. The summed E-state index contributed by atoms with van der Waals surface area (Å²) < 4.78 is 0.692. The molecule has 46 valence electrons. The molecule has 0 aromatic carbocycles. The predicted molar refractivity (Wildman–Crippen MR) is 42.2 cm³/mol. The van der Waals surface area contributed by atoms with E-state index in [9.17, 15) is 0 Å². The van der Waals surface area contributed by atoms with Gasteiger partial charge in [0.2, 0.25) is 0 Å². The van der Waals surface area contributed by atoms with Crippen molar-refractivity contribution in [2.24, 2.45) is 0 Å². The van der Waals surface area contributed by atoms with Crippen LogP contribution in [0.2, 0.25) is 0 Å². The van der Waals surface area contributed by atoms with Gasteiger partial charge in [0.1, 0.15) is 0 Å². The van der Waals surface area contributed by atoms with Crippen LogP contribution in [0, 0.1) is 11.7 Å². The monoisotopic (exact) mass is 246 g/mol. The first-order valence-electron chi connectivity index (χ1n) is 2.03. The normalized spacial score (nSPS) is 7.22. The van der Waals surface area contributed by atoms with Crippen LogP contribution >= 0.6 is 12.2 Å². The molecule has 2 nitrogen and oxygen atoms in total. The molecule has 2 N–H and O–H groups in total. The molecule has 0 saturated heterocycles. The summed E-state index contributed by atoms with van der Waals surface area (Å²) in [7, 11) is 0. The van der Waals surface area contributed by atoms with Crippen molar-refractivity contribution in [2.45, 2.75) is 6.92 Å². The average Bonchev–Trinajstić information content (AvgIpc) is 1.87. The molecule has 0 spiro atoms. The molecule has 5 heteroatoms. The van der Waals surface area contributed by atoms with E-state index in [0.717, 1.165) is 5.69 Å². The molecule has 0 atom stereocenters. The molecule has 9 heavy (non-hydrogen) atoms.